The topological polar surface area (TPSA) is 69.6 Å². The largest absolute Gasteiger partial charge is 0.394 e. The minimum Gasteiger partial charge on any atom is -0.394 e. The first kappa shape index (κ1) is 34.9. The smallest absolute Gasteiger partial charge is 0.217 e. The lowest BCUT2D eigenvalue weighted by atomic mass is 10.0. The van der Waals surface area contributed by atoms with Crippen LogP contribution in [0, 0.1) is 0 Å². The van der Waals surface area contributed by atoms with Crippen molar-refractivity contribution in [2.24, 2.45) is 0 Å². The van der Waals surface area contributed by atoms with Crippen LogP contribution in [0.15, 0.2) is 24.3 Å². The van der Waals surface area contributed by atoms with E-state index in [1.165, 1.54) is 129 Å². The first-order valence-corrected chi connectivity index (χ1v) is 15.5. The predicted molar refractivity (Wildman–Crippen MR) is 156 cm³/mol. The van der Waals surface area contributed by atoms with Crippen molar-refractivity contribution >= 4 is 5.91 Å². The maximum atomic E-state index is 11.0. The molecule has 2 atom stereocenters. The average molecular weight is 508 g/mol. The number of rotatable bonds is 27. The fourth-order valence-electron chi connectivity index (χ4n) is 4.64. The van der Waals surface area contributed by atoms with E-state index in [9.17, 15) is 15.0 Å². The molecule has 36 heavy (non-hydrogen) atoms. The monoisotopic (exact) mass is 507 g/mol. The lowest BCUT2D eigenvalue weighted by Crippen LogP contribution is -2.44. The minimum atomic E-state index is -0.854. The van der Waals surface area contributed by atoms with Gasteiger partial charge in [-0.3, -0.25) is 4.79 Å². The minimum absolute atomic E-state index is 0.251. The van der Waals surface area contributed by atoms with Crippen molar-refractivity contribution in [2.75, 3.05) is 6.61 Å². The molecule has 2 unspecified atom stereocenters. The molecular formula is C32H61NO3. The number of amides is 1. The van der Waals surface area contributed by atoms with Crippen LogP contribution in [-0.4, -0.2) is 34.9 Å². The van der Waals surface area contributed by atoms with E-state index in [-0.39, 0.29) is 12.5 Å². The Morgan fingerprint density at radius 3 is 1.44 bits per heavy atom. The highest BCUT2D eigenvalue weighted by Crippen LogP contribution is 2.15. The SMILES string of the molecule is CCCCCCCCCCCCCCCCCCCCC/C=C/CC/C=C/C(O)C(CO)NC(C)=O. The van der Waals surface area contributed by atoms with Crippen LogP contribution in [0.25, 0.3) is 0 Å². The first-order chi connectivity index (χ1) is 17.6. The highest BCUT2D eigenvalue weighted by atomic mass is 16.3. The third-order valence-corrected chi connectivity index (χ3v) is 6.97. The first-order valence-electron chi connectivity index (χ1n) is 15.5. The maximum Gasteiger partial charge on any atom is 0.217 e. The summed E-state index contributed by atoms with van der Waals surface area (Å²) in [6.45, 7) is 3.40. The summed E-state index contributed by atoms with van der Waals surface area (Å²) in [7, 11) is 0. The van der Waals surface area contributed by atoms with Gasteiger partial charge in [-0.25, -0.2) is 0 Å². The van der Waals surface area contributed by atoms with Gasteiger partial charge in [0.15, 0.2) is 0 Å². The zero-order valence-electron chi connectivity index (χ0n) is 24.0. The third-order valence-electron chi connectivity index (χ3n) is 6.97. The average Bonchev–Trinajstić information content (AvgIpc) is 2.87. The van der Waals surface area contributed by atoms with Gasteiger partial charge in [-0.15, -0.1) is 0 Å². The predicted octanol–water partition coefficient (Wildman–Crippen LogP) is 8.56. The van der Waals surface area contributed by atoms with E-state index in [0.29, 0.717) is 0 Å². The molecule has 0 heterocycles. The van der Waals surface area contributed by atoms with Crippen LogP contribution in [0.4, 0.5) is 0 Å². The molecule has 1 amide bonds. The van der Waals surface area contributed by atoms with Crippen LogP contribution in [0.5, 0.6) is 0 Å². The van der Waals surface area contributed by atoms with Crippen molar-refractivity contribution in [3.05, 3.63) is 24.3 Å². The summed E-state index contributed by atoms with van der Waals surface area (Å²) in [4.78, 5) is 11.0. The second-order valence-corrected chi connectivity index (χ2v) is 10.6. The van der Waals surface area contributed by atoms with E-state index >= 15 is 0 Å². The molecule has 3 N–H and O–H groups in total. The van der Waals surface area contributed by atoms with E-state index in [1.54, 1.807) is 6.08 Å². The maximum absolute atomic E-state index is 11.0. The molecule has 0 aromatic carbocycles. The Hall–Kier alpha value is -1.13. The summed E-state index contributed by atoms with van der Waals surface area (Å²) in [6, 6.07) is -0.635. The number of aliphatic hydroxyl groups excluding tert-OH is 2. The van der Waals surface area contributed by atoms with Gasteiger partial charge in [0.05, 0.1) is 18.8 Å². The standard InChI is InChI=1S/C32H61NO3/c1-3-4-5-6-7-8-9-10-11-12-13-14-15-16-17-18-19-20-21-22-23-24-25-26-27-28-32(36)31(29-34)33-30(2)35/h23-24,27-28,31-32,34,36H,3-22,25-26,29H2,1-2H3,(H,33,35)/b24-23+,28-27+. The highest BCUT2D eigenvalue weighted by molar-refractivity contribution is 5.73. The highest BCUT2D eigenvalue weighted by Gasteiger charge is 2.15. The van der Waals surface area contributed by atoms with Crippen molar-refractivity contribution in [3.8, 4) is 0 Å². The van der Waals surface area contributed by atoms with Crippen LogP contribution >= 0.6 is 0 Å². The van der Waals surface area contributed by atoms with Crippen LogP contribution in [-0.2, 0) is 4.79 Å². The zero-order valence-corrected chi connectivity index (χ0v) is 24.0. The molecule has 0 aliphatic carbocycles. The fourth-order valence-corrected chi connectivity index (χ4v) is 4.64. The van der Waals surface area contributed by atoms with E-state index in [1.807, 2.05) is 6.08 Å². The molecule has 4 nitrogen and oxygen atoms in total. The Balaban J connectivity index is 3.32. The molecule has 0 radical (unpaired) electrons. The summed E-state index contributed by atoms with van der Waals surface area (Å²) in [5.74, 6) is -0.251. The van der Waals surface area contributed by atoms with Crippen LogP contribution in [0.3, 0.4) is 0 Å². The van der Waals surface area contributed by atoms with E-state index in [2.05, 4.69) is 24.4 Å². The van der Waals surface area contributed by atoms with Crippen LogP contribution < -0.4 is 5.32 Å². The van der Waals surface area contributed by atoms with Gasteiger partial charge in [0.1, 0.15) is 0 Å². The Bertz CT molecular complexity index is 518. The Morgan fingerprint density at radius 1 is 0.639 bits per heavy atom. The second kappa shape index (κ2) is 28.4. The molecule has 0 saturated carbocycles. The molecular weight excluding hydrogens is 446 g/mol. The number of unbranched alkanes of at least 4 members (excludes halogenated alkanes) is 20. The molecule has 0 spiro atoms. The van der Waals surface area contributed by atoms with Gasteiger partial charge >= 0.3 is 0 Å². The summed E-state index contributed by atoms with van der Waals surface area (Å²) in [6.07, 6.45) is 37.1. The number of carbonyl (C=O) groups excluding carboxylic acids is 1. The van der Waals surface area contributed by atoms with Gasteiger partial charge in [0.2, 0.25) is 5.91 Å². The molecule has 0 rings (SSSR count). The molecule has 0 aliphatic heterocycles. The molecule has 212 valence electrons. The van der Waals surface area contributed by atoms with Gasteiger partial charge in [-0.1, -0.05) is 147 Å². The Labute approximate surface area is 224 Å². The summed E-state index contributed by atoms with van der Waals surface area (Å²) in [5, 5.41) is 21.7. The Morgan fingerprint density at radius 2 is 1.03 bits per heavy atom. The second-order valence-electron chi connectivity index (χ2n) is 10.6. The molecule has 0 aromatic heterocycles. The quantitative estimate of drug-likeness (QED) is 0.0770. The van der Waals surface area contributed by atoms with Gasteiger partial charge in [0.25, 0.3) is 0 Å². The molecule has 0 aliphatic rings. The van der Waals surface area contributed by atoms with E-state index < -0.39 is 12.1 Å². The summed E-state index contributed by atoms with van der Waals surface area (Å²) < 4.78 is 0. The molecule has 0 fully saturated rings. The number of hydrogen-bond acceptors (Lipinski definition) is 3. The van der Waals surface area contributed by atoms with Gasteiger partial charge < -0.3 is 15.5 Å². The number of hydrogen-bond donors (Lipinski definition) is 3. The molecule has 4 heteroatoms. The van der Waals surface area contributed by atoms with Crippen molar-refractivity contribution in [2.45, 2.75) is 167 Å². The van der Waals surface area contributed by atoms with Crippen LogP contribution in [0.1, 0.15) is 155 Å². The fraction of sp³-hybridized carbons (Fsp3) is 0.844. The number of carbonyl (C=O) groups is 1. The lowest BCUT2D eigenvalue weighted by Gasteiger charge is -2.18. The normalized spacial score (nSPS) is 13.6. The lowest BCUT2D eigenvalue weighted by molar-refractivity contribution is -0.120. The molecule has 0 aromatic rings. The molecule has 0 bridgehead atoms. The van der Waals surface area contributed by atoms with Gasteiger partial charge in [0, 0.05) is 6.92 Å². The number of nitrogens with one attached hydrogen (secondary N) is 1. The van der Waals surface area contributed by atoms with E-state index in [4.69, 9.17) is 0 Å². The summed E-state index contributed by atoms with van der Waals surface area (Å²) >= 11 is 0. The number of aliphatic hydroxyl groups is 2. The van der Waals surface area contributed by atoms with Gasteiger partial charge in [-0.2, -0.15) is 0 Å². The van der Waals surface area contributed by atoms with Gasteiger partial charge in [-0.05, 0) is 25.7 Å². The zero-order chi connectivity index (χ0) is 26.5. The van der Waals surface area contributed by atoms with Crippen molar-refractivity contribution in [1.29, 1.82) is 0 Å². The third kappa shape index (κ3) is 25.9. The molecule has 0 saturated heterocycles. The summed E-state index contributed by atoms with van der Waals surface area (Å²) in [5.41, 5.74) is 0. The Kier molecular flexibility index (Phi) is 27.5. The van der Waals surface area contributed by atoms with Crippen molar-refractivity contribution in [1.82, 2.24) is 5.32 Å². The van der Waals surface area contributed by atoms with Crippen LogP contribution in [0.2, 0.25) is 0 Å². The van der Waals surface area contributed by atoms with E-state index in [0.717, 1.165) is 19.3 Å². The van der Waals surface area contributed by atoms with Crippen molar-refractivity contribution < 1.29 is 15.0 Å². The number of allylic oxidation sites excluding steroid dienone is 3. The van der Waals surface area contributed by atoms with Crippen molar-refractivity contribution in [3.63, 3.8) is 0 Å².